The molecule has 132 valence electrons. The zero-order valence-electron chi connectivity index (χ0n) is 14.7. The van der Waals surface area contributed by atoms with Crippen LogP contribution >= 0.6 is 0 Å². The van der Waals surface area contributed by atoms with Crippen molar-refractivity contribution in [3.63, 3.8) is 0 Å². The zero-order chi connectivity index (χ0) is 17.9. The lowest BCUT2D eigenvalue weighted by molar-refractivity contribution is -0.124. The third-order valence-electron chi connectivity index (χ3n) is 5.81. The highest BCUT2D eigenvalue weighted by Crippen LogP contribution is 2.43. The second-order valence-corrected chi connectivity index (χ2v) is 7.70. The van der Waals surface area contributed by atoms with Gasteiger partial charge in [0.1, 0.15) is 18.3 Å². The van der Waals surface area contributed by atoms with Gasteiger partial charge in [0.2, 0.25) is 5.91 Å². The fourth-order valence-electron chi connectivity index (χ4n) is 4.25. The number of aliphatic hydroxyl groups excluding tert-OH is 1. The number of benzene rings is 2. The molecule has 3 aromatic rings. The fourth-order valence-corrected chi connectivity index (χ4v) is 4.25. The van der Waals surface area contributed by atoms with E-state index in [1.54, 1.807) is 4.68 Å². The third kappa shape index (κ3) is 2.20. The molecule has 2 aliphatic carbocycles. The predicted molar refractivity (Wildman–Crippen MR) is 99.6 cm³/mol. The highest BCUT2D eigenvalue weighted by atomic mass is 16.3. The van der Waals surface area contributed by atoms with E-state index in [1.165, 1.54) is 6.42 Å². The van der Waals surface area contributed by atoms with Gasteiger partial charge in [0.25, 0.3) is 0 Å². The van der Waals surface area contributed by atoms with Crippen LogP contribution in [0.25, 0.3) is 22.2 Å². The standard InChI is InChI=1S/C21H21N3O2/c1-21(10-5-11-21)22-17(25)12-24-16-9-4-8-15-18(16)19(23-24)13-6-2-3-7-14(13)20(15)26/h2-4,6-9,20,26H,5,10-12H2,1H3,(H,22,25). The van der Waals surface area contributed by atoms with Crippen LogP contribution in [0.4, 0.5) is 0 Å². The molecule has 2 N–H and O–H groups in total. The molecule has 1 saturated carbocycles. The van der Waals surface area contributed by atoms with Crippen molar-refractivity contribution in [1.29, 1.82) is 0 Å². The van der Waals surface area contributed by atoms with Crippen molar-refractivity contribution in [2.45, 2.75) is 44.4 Å². The number of amides is 1. The smallest absolute Gasteiger partial charge is 0.242 e. The quantitative estimate of drug-likeness (QED) is 0.765. The van der Waals surface area contributed by atoms with Crippen molar-refractivity contribution < 1.29 is 9.90 Å². The molecule has 26 heavy (non-hydrogen) atoms. The van der Waals surface area contributed by atoms with Crippen LogP contribution in [0.2, 0.25) is 0 Å². The Kier molecular flexibility index (Phi) is 3.25. The van der Waals surface area contributed by atoms with Gasteiger partial charge in [0.05, 0.1) is 5.52 Å². The maximum Gasteiger partial charge on any atom is 0.242 e. The first kappa shape index (κ1) is 15.6. The summed E-state index contributed by atoms with van der Waals surface area (Å²) in [6.45, 7) is 2.29. The van der Waals surface area contributed by atoms with E-state index in [9.17, 15) is 9.90 Å². The minimum absolute atomic E-state index is 0.0124. The summed E-state index contributed by atoms with van der Waals surface area (Å²) in [6, 6.07) is 13.6. The van der Waals surface area contributed by atoms with Gasteiger partial charge in [-0.25, -0.2) is 0 Å². The van der Waals surface area contributed by atoms with Crippen molar-refractivity contribution in [1.82, 2.24) is 15.1 Å². The van der Waals surface area contributed by atoms with E-state index in [0.29, 0.717) is 0 Å². The highest BCUT2D eigenvalue weighted by molar-refractivity contribution is 6.00. The van der Waals surface area contributed by atoms with E-state index in [-0.39, 0.29) is 18.0 Å². The topological polar surface area (TPSA) is 67.2 Å². The molecule has 5 rings (SSSR count). The first-order valence-electron chi connectivity index (χ1n) is 9.14. The van der Waals surface area contributed by atoms with E-state index >= 15 is 0 Å². The molecule has 0 bridgehead atoms. The van der Waals surface area contributed by atoms with Crippen LogP contribution in [0.5, 0.6) is 0 Å². The predicted octanol–water partition coefficient (Wildman–Crippen LogP) is 3.16. The highest BCUT2D eigenvalue weighted by Gasteiger charge is 2.34. The molecular weight excluding hydrogens is 326 g/mol. The van der Waals surface area contributed by atoms with Gasteiger partial charge >= 0.3 is 0 Å². The summed E-state index contributed by atoms with van der Waals surface area (Å²) in [7, 11) is 0. The Labute approximate surface area is 151 Å². The molecule has 1 aromatic heterocycles. The fraction of sp³-hybridized carbons (Fsp3) is 0.333. The zero-order valence-corrected chi connectivity index (χ0v) is 14.7. The van der Waals surface area contributed by atoms with Crippen LogP contribution < -0.4 is 5.32 Å². The Morgan fingerprint density at radius 3 is 2.77 bits per heavy atom. The number of hydrogen-bond donors (Lipinski definition) is 2. The number of aliphatic hydroxyl groups is 1. The Balaban J connectivity index is 1.59. The lowest BCUT2D eigenvalue weighted by Gasteiger charge is -2.39. The number of rotatable bonds is 3. The molecule has 2 aliphatic rings. The van der Waals surface area contributed by atoms with Gasteiger partial charge in [-0.15, -0.1) is 0 Å². The lowest BCUT2D eigenvalue weighted by Crippen LogP contribution is -2.51. The van der Waals surface area contributed by atoms with Gasteiger partial charge < -0.3 is 10.4 Å². The second-order valence-electron chi connectivity index (χ2n) is 7.70. The molecule has 1 atom stereocenters. The summed E-state index contributed by atoms with van der Waals surface area (Å²) in [6.07, 6.45) is 2.58. The SMILES string of the molecule is CC1(NC(=O)Cn2nc3c4c(cccc42)C(O)c2ccccc2-3)CCC1. The molecule has 5 nitrogen and oxygen atoms in total. The van der Waals surface area contributed by atoms with Gasteiger partial charge in [0.15, 0.2) is 0 Å². The van der Waals surface area contributed by atoms with Crippen molar-refractivity contribution in [2.75, 3.05) is 0 Å². The van der Waals surface area contributed by atoms with Gasteiger partial charge in [-0.1, -0.05) is 36.4 Å². The normalized spacial score (nSPS) is 19.7. The van der Waals surface area contributed by atoms with Crippen LogP contribution in [0.15, 0.2) is 42.5 Å². The number of carbonyl (C=O) groups excluding carboxylic acids is 1. The number of fused-ring (bicyclic) bond motifs is 2. The molecule has 1 heterocycles. The Morgan fingerprint density at radius 2 is 2.00 bits per heavy atom. The third-order valence-corrected chi connectivity index (χ3v) is 5.81. The molecule has 0 aliphatic heterocycles. The summed E-state index contributed by atoms with van der Waals surface area (Å²) < 4.78 is 1.76. The number of nitrogens with zero attached hydrogens (tertiary/aromatic N) is 2. The second kappa shape index (κ2) is 5.42. The summed E-state index contributed by atoms with van der Waals surface area (Å²) in [5, 5.41) is 19.6. The van der Waals surface area contributed by atoms with E-state index in [1.807, 2.05) is 42.5 Å². The minimum atomic E-state index is -0.664. The lowest BCUT2D eigenvalue weighted by atomic mass is 9.78. The van der Waals surface area contributed by atoms with Gasteiger partial charge in [0, 0.05) is 16.5 Å². The molecule has 0 spiro atoms. The van der Waals surface area contributed by atoms with Gasteiger partial charge in [-0.05, 0) is 43.4 Å². The maximum atomic E-state index is 12.6. The number of nitrogens with one attached hydrogen (secondary N) is 1. The van der Waals surface area contributed by atoms with E-state index < -0.39 is 6.10 Å². The van der Waals surface area contributed by atoms with E-state index in [0.717, 1.165) is 46.1 Å². The summed E-state index contributed by atoms with van der Waals surface area (Å²) in [5.74, 6) is -0.0124. The van der Waals surface area contributed by atoms with Crippen molar-refractivity contribution in [3.05, 3.63) is 53.6 Å². The van der Waals surface area contributed by atoms with Crippen LogP contribution in [0.1, 0.15) is 43.4 Å². The first-order chi connectivity index (χ1) is 12.6. The van der Waals surface area contributed by atoms with E-state index in [2.05, 4.69) is 12.2 Å². The first-order valence-corrected chi connectivity index (χ1v) is 9.14. The van der Waals surface area contributed by atoms with Gasteiger partial charge in [-0.2, -0.15) is 5.10 Å². The Morgan fingerprint density at radius 1 is 1.23 bits per heavy atom. The average molecular weight is 347 g/mol. The molecule has 1 amide bonds. The molecular formula is C21H21N3O2. The number of hydrogen-bond acceptors (Lipinski definition) is 3. The van der Waals surface area contributed by atoms with Crippen LogP contribution in [-0.4, -0.2) is 26.3 Å². The van der Waals surface area contributed by atoms with Gasteiger partial charge in [-0.3, -0.25) is 9.48 Å². The monoisotopic (exact) mass is 347 g/mol. The average Bonchev–Trinajstić information content (AvgIpc) is 2.98. The number of aromatic nitrogens is 2. The van der Waals surface area contributed by atoms with Crippen LogP contribution in [0, 0.1) is 0 Å². The van der Waals surface area contributed by atoms with Crippen LogP contribution in [-0.2, 0) is 11.3 Å². The summed E-state index contributed by atoms with van der Waals surface area (Å²) >= 11 is 0. The van der Waals surface area contributed by atoms with E-state index in [4.69, 9.17) is 5.10 Å². The number of carbonyl (C=O) groups is 1. The molecule has 1 fully saturated rings. The summed E-state index contributed by atoms with van der Waals surface area (Å²) in [4.78, 5) is 12.6. The minimum Gasteiger partial charge on any atom is -0.384 e. The molecule has 0 saturated heterocycles. The Bertz CT molecular complexity index is 1030. The molecule has 0 radical (unpaired) electrons. The van der Waals surface area contributed by atoms with Crippen molar-refractivity contribution in [2.24, 2.45) is 0 Å². The Hall–Kier alpha value is -2.66. The largest absolute Gasteiger partial charge is 0.384 e. The molecule has 5 heteroatoms. The van der Waals surface area contributed by atoms with Crippen molar-refractivity contribution >= 4 is 16.8 Å². The van der Waals surface area contributed by atoms with Crippen molar-refractivity contribution in [3.8, 4) is 11.3 Å². The maximum absolute atomic E-state index is 12.6. The molecule has 2 aromatic carbocycles. The van der Waals surface area contributed by atoms with Crippen LogP contribution in [0.3, 0.4) is 0 Å². The summed E-state index contributed by atoms with van der Waals surface area (Å²) in [5.41, 5.74) is 4.33. The molecule has 1 unspecified atom stereocenters.